The predicted octanol–water partition coefficient (Wildman–Crippen LogP) is 0.402. The molecule has 122 valence electrons. The van der Waals surface area contributed by atoms with Crippen molar-refractivity contribution < 1.29 is 9.59 Å². The third kappa shape index (κ3) is 3.78. The first kappa shape index (κ1) is 16.8. The SMILES string of the molecule is CNC(=O)C[C@H]1CC[C@@H](CNC(=O)c2nn(C)cc2Cl)N1C. The second kappa shape index (κ2) is 7.11. The van der Waals surface area contributed by atoms with Crippen LogP contribution in [0.3, 0.4) is 0 Å². The van der Waals surface area contributed by atoms with Crippen LogP contribution < -0.4 is 10.6 Å². The van der Waals surface area contributed by atoms with E-state index in [1.54, 1.807) is 20.3 Å². The maximum Gasteiger partial charge on any atom is 0.273 e. The van der Waals surface area contributed by atoms with Crippen molar-refractivity contribution in [3.05, 3.63) is 16.9 Å². The van der Waals surface area contributed by atoms with Gasteiger partial charge < -0.3 is 10.6 Å². The molecule has 8 heteroatoms. The highest BCUT2D eigenvalue weighted by atomic mass is 35.5. The molecule has 0 aromatic carbocycles. The van der Waals surface area contributed by atoms with E-state index >= 15 is 0 Å². The molecule has 2 atom stereocenters. The van der Waals surface area contributed by atoms with E-state index in [9.17, 15) is 9.59 Å². The van der Waals surface area contributed by atoms with Gasteiger partial charge in [0.05, 0.1) is 5.02 Å². The number of carbonyl (C=O) groups excluding carboxylic acids is 2. The van der Waals surface area contributed by atoms with Crippen molar-refractivity contribution in [2.75, 3.05) is 20.6 Å². The molecule has 0 unspecified atom stereocenters. The number of aryl methyl sites for hydroxylation is 1. The number of carbonyl (C=O) groups is 2. The Bertz CT molecular complexity index is 559. The zero-order valence-electron chi connectivity index (χ0n) is 13.1. The molecule has 0 saturated carbocycles. The first-order valence-corrected chi connectivity index (χ1v) is 7.70. The first-order valence-electron chi connectivity index (χ1n) is 7.32. The number of likely N-dealkylation sites (N-methyl/N-ethyl adjacent to an activating group) is 1. The summed E-state index contributed by atoms with van der Waals surface area (Å²) >= 11 is 5.96. The minimum atomic E-state index is -0.270. The topological polar surface area (TPSA) is 79.3 Å². The van der Waals surface area contributed by atoms with Crippen LogP contribution in [0, 0.1) is 0 Å². The van der Waals surface area contributed by atoms with Gasteiger partial charge in [0.15, 0.2) is 5.69 Å². The van der Waals surface area contributed by atoms with Crippen molar-refractivity contribution in [3.63, 3.8) is 0 Å². The second-order valence-corrected chi connectivity index (χ2v) is 6.04. The Kier molecular flexibility index (Phi) is 5.42. The fourth-order valence-corrected chi connectivity index (χ4v) is 3.07. The summed E-state index contributed by atoms with van der Waals surface area (Å²) in [5.74, 6) is -0.226. The summed E-state index contributed by atoms with van der Waals surface area (Å²) in [4.78, 5) is 25.7. The lowest BCUT2D eigenvalue weighted by Gasteiger charge is -2.25. The van der Waals surface area contributed by atoms with E-state index in [-0.39, 0.29) is 29.6 Å². The van der Waals surface area contributed by atoms with Crippen molar-refractivity contribution in [2.24, 2.45) is 7.05 Å². The van der Waals surface area contributed by atoms with E-state index in [1.807, 2.05) is 7.05 Å². The number of nitrogens with zero attached hydrogens (tertiary/aromatic N) is 3. The number of likely N-dealkylation sites (tertiary alicyclic amines) is 1. The average molecular weight is 328 g/mol. The Balaban J connectivity index is 1.86. The molecule has 0 radical (unpaired) electrons. The monoisotopic (exact) mass is 327 g/mol. The third-order valence-electron chi connectivity index (χ3n) is 4.18. The van der Waals surface area contributed by atoms with Gasteiger partial charge >= 0.3 is 0 Å². The van der Waals surface area contributed by atoms with Gasteiger partial charge in [-0.25, -0.2) is 0 Å². The van der Waals surface area contributed by atoms with Crippen LogP contribution in [0.15, 0.2) is 6.20 Å². The molecule has 1 aromatic heterocycles. The molecular formula is C14H22ClN5O2. The molecule has 22 heavy (non-hydrogen) atoms. The van der Waals surface area contributed by atoms with Gasteiger partial charge in [-0.3, -0.25) is 19.2 Å². The van der Waals surface area contributed by atoms with Crippen molar-refractivity contribution >= 4 is 23.4 Å². The molecule has 1 saturated heterocycles. The van der Waals surface area contributed by atoms with Gasteiger partial charge in [0, 0.05) is 45.3 Å². The summed E-state index contributed by atoms with van der Waals surface area (Å²) in [7, 11) is 5.35. The Morgan fingerprint density at radius 2 is 2.05 bits per heavy atom. The number of hydrogen-bond donors (Lipinski definition) is 2. The van der Waals surface area contributed by atoms with E-state index < -0.39 is 0 Å². The van der Waals surface area contributed by atoms with Crippen LogP contribution >= 0.6 is 11.6 Å². The smallest absolute Gasteiger partial charge is 0.273 e. The molecule has 2 amide bonds. The van der Waals surface area contributed by atoms with E-state index in [1.165, 1.54) is 4.68 Å². The third-order valence-corrected chi connectivity index (χ3v) is 4.46. The van der Waals surface area contributed by atoms with Crippen LogP contribution in [0.1, 0.15) is 29.8 Å². The lowest BCUT2D eigenvalue weighted by Crippen LogP contribution is -2.42. The lowest BCUT2D eigenvalue weighted by molar-refractivity contribution is -0.121. The molecule has 0 spiro atoms. The Labute approximate surface area is 135 Å². The largest absolute Gasteiger partial charge is 0.359 e. The number of aromatic nitrogens is 2. The van der Waals surface area contributed by atoms with E-state index in [2.05, 4.69) is 20.6 Å². The van der Waals surface area contributed by atoms with E-state index in [0.29, 0.717) is 18.0 Å². The number of amides is 2. The Morgan fingerprint density at radius 1 is 1.36 bits per heavy atom. The van der Waals surface area contributed by atoms with Crippen LogP contribution in [-0.4, -0.2) is 59.2 Å². The van der Waals surface area contributed by atoms with Crippen molar-refractivity contribution in [1.29, 1.82) is 0 Å². The number of nitrogens with one attached hydrogen (secondary N) is 2. The molecule has 2 N–H and O–H groups in total. The van der Waals surface area contributed by atoms with Gasteiger partial charge in [-0.05, 0) is 19.9 Å². The highest BCUT2D eigenvalue weighted by molar-refractivity contribution is 6.33. The standard InChI is InChI=1S/C14H22ClN5O2/c1-16-12(21)6-9-4-5-10(20(9)3)7-17-14(22)13-11(15)8-19(2)18-13/h8-10H,4-7H2,1-3H3,(H,16,21)(H,17,22)/t9-,10+/m1/s1. The van der Waals surface area contributed by atoms with Gasteiger partial charge in [-0.15, -0.1) is 0 Å². The average Bonchev–Trinajstić information content (AvgIpc) is 2.99. The van der Waals surface area contributed by atoms with Crippen molar-refractivity contribution in [1.82, 2.24) is 25.3 Å². The molecule has 1 aliphatic rings. The minimum Gasteiger partial charge on any atom is -0.359 e. The summed E-state index contributed by atoms with van der Waals surface area (Å²) in [6, 6.07) is 0.446. The fraction of sp³-hybridized carbons (Fsp3) is 0.643. The van der Waals surface area contributed by atoms with Crippen molar-refractivity contribution in [2.45, 2.75) is 31.3 Å². The Morgan fingerprint density at radius 3 is 2.64 bits per heavy atom. The maximum atomic E-state index is 12.1. The van der Waals surface area contributed by atoms with Gasteiger partial charge in [0.2, 0.25) is 5.91 Å². The van der Waals surface area contributed by atoms with Crippen LogP contribution in [0.2, 0.25) is 5.02 Å². The molecule has 2 rings (SSSR count). The molecule has 0 aliphatic carbocycles. The summed E-state index contributed by atoms with van der Waals surface area (Å²) in [6.07, 6.45) is 3.99. The molecule has 7 nitrogen and oxygen atoms in total. The summed E-state index contributed by atoms with van der Waals surface area (Å²) < 4.78 is 1.51. The molecular weight excluding hydrogens is 306 g/mol. The second-order valence-electron chi connectivity index (χ2n) is 5.64. The van der Waals surface area contributed by atoms with Crippen LogP contribution in [0.25, 0.3) is 0 Å². The Hall–Kier alpha value is -1.60. The van der Waals surface area contributed by atoms with Crippen LogP contribution in [-0.2, 0) is 11.8 Å². The fourth-order valence-electron chi connectivity index (χ4n) is 2.81. The highest BCUT2D eigenvalue weighted by Gasteiger charge is 2.31. The number of hydrogen-bond acceptors (Lipinski definition) is 4. The quantitative estimate of drug-likeness (QED) is 0.820. The van der Waals surface area contributed by atoms with Crippen LogP contribution in [0.4, 0.5) is 0 Å². The summed E-state index contributed by atoms with van der Waals surface area (Å²) in [5, 5.41) is 9.91. The number of halogens is 1. The molecule has 1 aliphatic heterocycles. The molecule has 1 fully saturated rings. The zero-order chi connectivity index (χ0) is 16.3. The summed E-state index contributed by atoms with van der Waals surface area (Å²) in [5.41, 5.74) is 0.242. The van der Waals surface area contributed by atoms with E-state index in [4.69, 9.17) is 11.6 Å². The highest BCUT2D eigenvalue weighted by Crippen LogP contribution is 2.24. The molecule has 0 bridgehead atoms. The van der Waals surface area contributed by atoms with Crippen LogP contribution in [0.5, 0.6) is 0 Å². The molecule has 2 heterocycles. The summed E-state index contributed by atoms with van der Waals surface area (Å²) in [6.45, 7) is 0.520. The number of rotatable bonds is 5. The van der Waals surface area contributed by atoms with Gasteiger partial charge in [0.25, 0.3) is 5.91 Å². The minimum absolute atomic E-state index is 0.0433. The van der Waals surface area contributed by atoms with Gasteiger partial charge in [-0.1, -0.05) is 11.6 Å². The zero-order valence-corrected chi connectivity index (χ0v) is 13.9. The normalized spacial score (nSPS) is 21.8. The molecule has 1 aromatic rings. The van der Waals surface area contributed by atoms with E-state index in [0.717, 1.165) is 12.8 Å². The van der Waals surface area contributed by atoms with Gasteiger partial charge in [0.1, 0.15) is 0 Å². The van der Waals surface area contributed by atoms with Crippen molar-refractivity contribution in [3.8, 4) is 0 Å². The maximum absolute atomic E-state index is 12.1. The lowest BCUT2D eigenvalue weighted by atomic mass is 10.1. The first-order chi connectivity index (χ1) is 10.4. The predicted molar refractivity (Wildman–Crippen MR) is 83.8 cm³/mol. The van der Waals surface area contributed by atoms with Gasteiger partial charge in [-0.2, -0.15) is 5.10 Å².